The van der Waals surface area contributed by atoms with Crippen molar-refractivity contribution in [1.82, 2.24) is 10.1 Å². The standard InChI is InChI=1S/C13H24N4O2/c1-18-10-6-7-11(14)12-15-13(16-19-12)17-8-4-2-3-5-9-17/h11H,2-10,14H2,1H3. The molecule has 0 radical (unpaired) electrons. The quantitative estimate of drug-likeness (QED) is 0.794. The molecule has 1 aliphatic rings. The van der Waals surface area contributed by atoms with Gasteiger partial charge in [0.1, 0.15) is 0 Å². The number of nitrogens with two attached hydrogens (primary N) is 1. The summed E-state index contributed by atoms with van der Waals surface area (Å²) in [5.74, 6) is 1.23. The van der Waals surface area contributed by atoms with Crippen LogP contribution < -0.4 is 10.6 Å². The van der Waals surface area contributed by atoms with Gasteiger partial charge in [0.05, 0.1) is 6.04 Å². The van der Waals surface area contributed by atoms with Gasteiger partial charge < -0.3 is 19.9 Å². The fourth-order valence-electron chi connectivity index (χ4n) is 2.35. The number of anilines is 1. The third kappa shape index (κ3) is 4.18. The lowest BCUT2D eigenvalue weighted by molar-refractivity contribution is 0.188. The molecule has 1 saturated heterocycles. The molecule has 1 aromatic rings. The zero-order valence-electron chi connectivity index (χ0n) is 11.7. The van der Waals surface area contributed by atoms with Gasteiger partial charge >= 0.3 is 0 Å². The minimum absolute atomic E-state index is 0.191. The highest BCUT2D eigenvalue weighted by Crippen LogP contribution is 2.20. The summed E-state index contributed by atoms with van der Waals surface area (Å²) in [5.41, 5.74) is 6.04. The molecule has 6 heteroatoms. The van der Waals surface area contributed by atoms with E-state index in [0.29, 0.717) is 18.4 Å². The molecule has 2 heterocycles. The van der Waals surface area contributed by atoms with E-state index in [2.05, 4.69) is 15.0 Å². The number of hydrogen-bond donors (Lipinski definition) is 1. The summed E-state index contributed by atoms with van der Waals surface area (Å²) in [4.78, 5) is 6.63. The van der Waals surface area contributed by atoms with E-state index in [4.69, 9.17) is 15.0 Å². The first-order valence-corrected chi connectivity index (χ1v) is 7.14. The Balaban J connectivity index is 1.89. The number of aromatic nitrogens is 2. The molecule has 1 unspecified atom stereocenters. The Kier molecular flexibility index (Phi) is 5.60. The average Bonchev–Trinajstić information content (AvgIpc) is 2.75. The molecule has 1 fully saturated rings. The minimum atomic E-state index is -0.191. The van der Waals surface area contributed by atoms with E-state index in [1.54, 1.807) is 7.11 Å². The van der Waals surface area contributed by atoms with Crippen LogP contribution in [0.2, 0.25) is 0 Å². The number of rotatable bonds is 6. The summed E-state index contributed by atoms with van der Waals surface area (Å²) >= 11 is 0. The van der Waals surface area contributed by atoms with Crippen LogP contribution in [-0.2, 0) is 4.74 Å². The Morgan fingerprint density at radius 3 is 2.74 bits per heavy atom. The first-order chi connectivity index (χ1) is 9.31. The molecule has 6 nitrogen and oxygen atoms in total. The van der Waals surface area contributed by atoms with E-state index in [9.17, 15) is 0 Å². The lowest BCUT2D eigenvalue weighted by Gasteiger charge is -2.16. The van der Waals surface area contributed by atoms with Gasteiger partial charge in [-0.25, -0.2) is 0 Å². The Bertz CT molecular complexity index is 361. The highest BCUT2D eigenvalue weighted by Gasteiger charge is 2.19. The molecule has 1 atom stereocenters. The van der Waals surface area contributed by atoms with Crippen LogP contribution in [0, 0.1) is 0 Å². The van der Waals surface area contributed by atoms with E-state index >= 15 is 0 Å². The first-order valence-electron chi connectivity index (χ1n) is 7.14. The van der Waals surface area contributed by atoms with Crippen molar-refractivity contribution in [3.05, 3.63) is 5.89 Å². The molecule has 0 spiro atoms. The van der Waals surface area contributed by atoms with Crippen LogP contribution in [0.3, 0.4) is 0 Å². The Hall–Kier alpha value is -1.14. The zero-order valence-corrected chi connectivity index (χ0v) is 11.7. The van der Waals surface area contributed by atoms with Crippen molar-refractivity contribution in [3.8, 4) is 0 Å². The average molecular weight is 268 g/mol. The molecule has 0 bridgehead atoms. The second kappa shape index (κ2) is 7.45. The predicted octanol–water partition coefficient (Wildman–Crippen LogP) is 1.88. The second-order valence-corrected chi connectivity index (χ2v) is 5.08. The molecule has 108 valence electrons. The fourth-order valence-corrected chi connectivity index (χ4v) is 2.35. The van der Waals surface area contributed by atoms with Gasteiger partial charge in [-0.05, 0) is 30.8 Å². The Morgan fingerprint density at radius 2 is 2.05 bits per heavy atom. The highest BCUT2D eigenvalue weighted by molar-refractivity contribution is 5.27. The lowest BCUT2D eigenvalue weighted by atomic mass is 10.2. The maximum Gasteiger partial charge on any atom is 0.266 e. The van der Waals surface area contributed by atoms with E-state index in [1.165, 1.54) is 25.7 Å². The molecule has 0 aromatic carbocycles. The highest BCUT2D eigenvalue weighted by atomic mass is 16.5. The zero-order chi connectivity index (χ0) is 13.5. The molecule has 0 saturated carbocycles. The van der Waals surface area contributed by atoms with E-state index < -0.39 is 0 Å². The SMILES string of the molecule is COCCCC(N)c1nc(N2CCCCCC2)no1. The van der Waals surface area contributed by atoms with Gasteiger partial charge in [0, 0.05) is 26.8 Å². The topological polar surface area (TPSA) is 77.4 Å². The van der Waals surface area contributed by atoms with E-state index in [-0.39, 0.29) is 6.04 Å². The van der Waals surface area contributed by atoms with Gasteiger partial charge in [0.2, 0.25) is 5.89 Å². The normalized spacial score (nSPS) is 18.3. The van der Waals surface area contributed by atoms with Gasteiger partial charge in [-0.3, -0.25) is 0 Å². The molecule has 19 heavy (non-hydrogen) atoms. The van der Waals surface area contributed by atoms with Gasteiger partial charge in [-0.2, -0.15) is 4.98 Å². The van der Waals surface area contributed by atoms with Gasteiger partial charge in [-0.1, -0.05) is 12.8 Å². The number of hydrogen-bond acceptors (Lipinski definition) is 6. The maximum atomic E-state index is 6.04. The summed E-state index contributed by atoms with van der Waals surface area (Å²) in [6.45, 7) is 2.73. The molecule has 1 aliphatic heterocycles. The summed E-state index contributed by atoms with van der Waals surface area (Å²) in [7, 11) is 1.69. The maximum absolute atomic E-state index is 6.04. The van der Waals surface area contributed by atoms with Crippen molar-refractivity contribution in [3.63, 3.8) is 0 Å². The smallest absolute Gasteiger partial charge is 0.266 e. The van der Waals surface area contributed by atoms with Crippen molar-refractivity contribution in [2.75, 3.05) is 31.7 Å². The minimum Gasteiger partial charge on any atom is -0.385 e. The predicted molar refractivity (Wildman–Crippen MR) is 73.0 cm³/mol. The van der Waals surface area contributed by atoms with Gasteiger partial charge in [-0.15, -0.1) is 0 Å². The Morgan fingerprint density at radius 1 is 1.32 bits per heavy atom. The third-order valence-electron chi connectivity index (χ3n) is 3.50. The van der Waals surface area contributed by atoms with Gasteiger partial charge in [0.25, 0.3) is 5.95 Å². The number of ether oxygens (including phenoxy) is 1. The Labute approximate surface area is 114 Å². The van der Waals surface area contributed by atoms with Crippen LogP contribution in [0.25, 0.3) is 0 Å². The van der Waals surface area contributed by atoms with Crippen LogP contribution in [0.1, 0.15) is 50.5 Å². The molecule has 1 aromatic heterocycles. The number of nitrogens with zero attached hydrogens (tertiary/aromatic N) is 3. The van der Waals surface area contributed by atoms with Crippen molar-refractivity contribution in [2.24, 2.45) is 5.73 Å². The van der Waals surface area contributed by atoms with Gasteiger partial charge in [0.15, 0.2) is 0 Å². The summed E-state index contributed by atoms with van der Waals surface area (Å²) in [6, 6.07) is -0.191. The third-order valence-corrected chi connectivity index (χ3v) is 3.50. The number of methoxy groups -OCH3 is 1. The van der Waals surface area contributed by atoms with Crippen LogP contribution in [0.5, 0.6) is 0 Å². The van der Waals surface area contributed by atoms with Crippen molar-refractivity contribution < 1.29 is 9.26 Å². The van der Waals surface area contributed by atoms with Crippen LogP contribution in [0.4, 0.5) is 5.95 Å². The fraction of sp³-hybridized carbons (Fsp3) is 0.846. The lowest BCUT2D eigenvalue weighted by Crippen LogP contribution is -2.25. The second-order valence-electron chi connectivity index (χ2n) is 5.08. The van der Waals surface area contributed by atoms with E-state index in [1.807, 2.05) is 0 Å². The molecule has 2 N–H and O–H groups in total. The summed E-state index contributed by atoms with van der Waals surface area (Å²) in [6.07, 6.45) is 6.68. The summed E-state index contributed by atoms with van der Waals surface area (Å²) < 4.78 is 10.3. The molecular formula is C13H24N4O2. The van der Waals surface area contributed by atoms with E-state index in [0.717, 1.165) is 25.9 Å². The molecule has 2 rings (SSSR count). The molecular weight excluding hydrogens is 244 g/mol. The molecule has 0 aliphatic carbocycles. The van der Waals surface area contributed by atoms with Crippen molar-refractivity contribution in [1.29, 1.82) is 0 Å². The van der Waals surface area contributed by atoms with Crippen molar-refractivity contribution >= 4 is 5.95 Å². The summed E-state index contributed by atoms with van der Waals surface area (Å²) in [5, 5.41) is 4.06. The first kappa shape index (κ1) is 14.3. The van der Waals surface area contributed by atoms with Crippen LogP contribution >= 0.6 is 0 Å². The molecule has 0 amide bonds. The largest absolute Gasteiger partial charge is 0.385 e. The van der Waals surface area contributed by atoms with Crippen LogP contribution in [0.15, 0.2) is 4.52 Å². The van der Waals surface area contributed by atoms with Crippen molar-refractivity contribution in [2.45, 2.75) is 44.6 Å². The van der Waals surface area contributed by atoms with Crippen LogP contribution in [-0.4, -0.2) is 36.9 Å². The monoisotopic (exact) mass is 268 g/mol.